The highest BCUT2D eigenvalue weighted by atomic mass is 16.5. The molecular formula is C26H55NO. The lowest BCUT2D eigenvalue weighted by atomic mass is 9.94. The van der Waals surface area contributed by atoms with E-state index in [0.717, 1.165) is 19.1 Å². The second kappa shape index (κ2) is 25.0. The minimum absolute atomic E-state index is 0.655. The van der Waals surface area contributed by atoms with E-state index >= 15 is 0 Å². The van der Waals surface area contributed by atoms with Crippen LogP contribution in [0.1, 0.15) is 142 Å². The van der Waals surface area contributed by atoms with E-state index in [4.69, 9.17) is 10.5 Å². The summed E-state index contributed by atoms with van der Waals surface area (Å²) in [4.78, 5) is 0. The third-order valence-electron chi connectivity index (χ3n) is 6.05. The Morgan fingerprint density at radius 1 is 0.536 bits per heavy atom. The fourth-order valence-electron chi connectivity index (χ4n) is 4.13. The molecule has 0 aliphatic heterocycles. The summed E-state index contributed by atoms with van der Waals surface area (Å²) in [6, 6.07) is 0. The van der Waals surface area contributed by atoms with Crippen molar-refractivity contribution in [1.82, 2.24) is 0 Å². The smallest absolute Gasteiger partial charge is 0.0588 e. The first-order valence-corrected chi connectivity index (χ1v) is 13.1. The number of hydrogen-bond donors (Lipinski definition) is 1. The summed E-state index contributed by atoms with van der Waals surface area (Å²) in [6.07, 6.45) is 28.3. The topological polar surface area (TPSA) is 35.2 Å². The monoisotopic (exact) mass is 397 g/mol. The molecule has 0 aromatic carbocycles. The van der Waals surface area contributed by atoms with E-state index in [9.17, 15) is 0 Å². The first-order chi connectivity index (χ1) is 13.8. The molecule has 28 heavy (non-hydrogen) atoms. The molecule has 2 nitrogen and oxygen atoms in total. The van der Waals surface area contributed by atoms with Crippen molar-refractivity contribution in [2.45, 2.75) is 142 Å². The molecule has 0 amide bonds. The molecule has 0 aliphatic carbocycles. The maximum Gasteiger partial charge on any atom is 0.0588 e. The molecular weight excluding hydrogens is 342 g/mol. The average molecular weight is 398 g/mol. The number of hydrogen-bond acceptors (Lipinski definition) is 2. The van der Waals surface area contributed by atoms with E-state index in [0.29, 0.717) is 6.54 Å². The van der Waals surface area contributed by atoms with Crippen LogP contribution in [0, 0.1) is 5.92 Å². The molecule has 1 atom stereocenters. The van der Waals surface area contributed by atoms with Gasteiger partial charge in [-0.2, -0.15) is 0 Å². The van der Waals surface area contributed by atoms with Crippen LogP contribution >= 0.6 is 0 Å². The van der Waals surface area contributed by atoms with Gasteiger partial charge in [0, 0.05) is 13.2 Å². The minimum Gasteiger partial charge on any atom is -0.380 e. The van der Waals surface area contributed by atoms with Gasteiger partial charge in [0.2, 0.25) is 0 Å². The van der Waals surface area contributed by atoms with Gasteiger partial charge in [0.1, 0.15) is 0 Å². The molecule has 0 rings (SSSR count). The van der Waals surface area contributed by atoms with Crippen LogP contribution in [0.25, 0.3) is 0 Å². The van der Waals surface area contributed by atoms with Crippen molar-refractivity contribution in [3.05, 3.63) is 0 Å². The first-order valence-electron chi connectivity index (χ1n) is 13.1. The van der Waals surface area contributed by atoms with Crippen molar-refractivity contribution in [3.8, 4) is 0 Å². The van der Waals surface area contributed by atoms with E-state index in [1.807, 2.05) is 0 Å². The molecule has 0 fully saturated rings. The van der Waals surface area contributed by atoms with Crippen molar-refractivity contribution in [2.24, 2.45) is 11.7 Å². The molecule has 2 N–H and O–H groups in total. The second-order valence-corrected chi connectivity index (χ2v) is 8.96. The highest BCUT2D eigenvalue weighted by molar-refractivity contribution is 4.61. The number of unbranched alkanes of at least 4 members (excludes halogenated alkanes) is 16. The highest BCUT2D eigenvalue weighted by Crippen LogP contribution is 2.20. The van der Waals surface area contributed by atoms with Crippen molar-refractivity contribution in [1.29, 1.82) is 0 Å². The third-order valence-corrected chi connectivity index (χ3v) is 6.05. The summed E-state index contributed by atoms with van der Waals surface area (Å²) < 4.78 is 5.78. The number of nitrogens with two attached hydrogens (primary N) is 1. The van der Waals surface area contributed by atoms with Crippen molar-refractivity contribution < 1.29 is 4.74 Å². The largest absolute Gasteiger partial charge is 0.380 e. The lowest BCUT2D eigenvalue weighted by Gasteiger charge is -2.17. The lowest BCUT2D eigenvalue weighted by Crippen LogP contribution is -2.15. The maximum absolute atomic E-state index is 5.78. The van der Waals surface area contributed by atoms with Crippen LogP contribution in [0.2, 0.25) is 0 Å². The molecule has 0 aliphatic rings. The van der Waals surface area contributed by atoms with Gasteiger partial charge in [-0.05, 0) is 18.8 Å². The summed E-state index contributed by atoms with van der Waals surface area (Å²) in [6.45, 7) is 6.91. The normalized spacial score (nSPS) is 12.5. The van der Waals surface area contributed by atoms with Gasteiger partial charge < -0.3 is 10.5 Å². The molecule has 2 heteroatoms. The zero-order valence-electron chi connectivity index (χ0n) is 19.8. The SMILES string of the molecule is CCCCCCCCCCCCC(CCCCCCCCCC)COCCN. The van der Waals surface area contributed by atoms with Gasteiger partial charge in [-0.25, -0.2) is 0 Å². The van der Waals surface area contributed by atoms with Crippen molar-refractivity contribution in [2.75, 3.05) is 19.8 Å². The van der Waals surface area contributed by atoms with Crippen LogP contribution in [0.15, 0.2) is 0 Å². The summed E-state index contributed by atoms with van der Waals surface area (Å²) in [7, 11) is 0. The van der Waals surface area contributed by atoms with E-state index < -0.39 is 0 Å². The van der Waals surface area contributed by atoms with Gasteiger partial charge in [0.25, 0.3) is 0 Å². The lowest BCUT2D eigenvalue weighted by molar-refractivity contribution is 0.0966. The highest BCUT2D eigenvalue weighted by Gasteiger charge is 2.09. The average Bonchev–Trinajstić information content (AvgIpc) is 2.71. The van der Waals surface area contributed by atoms with Gasteiger partial charge in [-0.1, -0.05) is 129 Å². The molecule has 0 saturated heterocycles. The van der Waals surface area contributed by atoms with E-state index in [2.05, 4.69) is 13.8 Å². The van der Waals surface area contributed by atoms with Crippen molar-refractivity contribution in [3.63, 3.8) is 0 Å². The van der Waals surface area contributed by atoms with Crippen LogP contribution < -0.4 is 5.73 Å². The zero-order valence-corrected chi connectivity index (χ0v) is 19.8. The zero-order chi connectivity index (χ0) is 20.5. The van der Waals surface area contributed by atoms with Crippen LogP contribution in [-0.2, 0) is 4.74 Å². The van der Waals surface area contributed by atoms with E-state index in [1.54, 1.807) is 0 Å². The maximum atomic E-state index is 5.78. The third kappa shape index (κ3) is 22.2. The van der Waals surface area contributed by atoms with Gasteiger partial charge in [-0.3, -0.25) is 0 Å². The Bertz CT molecular complexity index is 269. The Kier molecular flexibility index (Phi) is 24.9. The Morgan fingerprint density at radius 2 is 0.893 bits per heavy atom. The van der Waals surface area contributed by atoms with E-state index in [1.165, 1.54) is 128 Å². The second-order valence-electron chi connectivity index (χ2n) is 8.96. The summed E-state index contributed by atoms with van der Waals surface area (Å²) >= 11 is 0. The standard InChI is InChI=1S/C26H55NO/c1-3-5-7-9-11-13-14-16-18-20-22-26(25-28-24-23-27)21-19-17-15-12-10-8-6-4-2/h26H,3-25,27H2,1-2H3. The molecule has 170 valence electrons. The Balaban J connectivity index is 3.61. The molecule has 1 unspecified atom stereocenters. The summed E-state index contributed by atoms with van der Waals surface area (Å²) in [5, 5.41) is 0. The molecule has 0 saturated carbocycles. The predicted molar refractivity (Wildman–Crippen MR) is 127 cm³/mol. The van der Waals surface area contributed by atoms with Gasteiger partial charge in [0.05, 0.1) is 6.61 Å². The molecule has 0 aromatic heterocycles. The molecule has 0 bridgehead atoms. The molecule has 0 aromatic rings. The van der Waals surface area contributed by atoms with Gasteiger partial charge in [-0.15, -0.1) is 0 Å². The fraction of sp³-hybridized carbons (Fsp3) is 1.00. The molecule has 0 radical (unpaired) electrons. The van der Waals surface area contributed by atoms with Crippen LogP contribution in [-0.4, -0.2) is 19.8 Å². The van der Waals surface area contributed by atoms with Gasteiger partial charge >= 0.3 is 0 Å². The number of ether oxygens (including phenoxy) is 1. The number of rotatable bonds is 24. The molecule has 0 spiro atoms. The van der Waals surface area contributed by atoms with Crippen LogP contribution in [0.5, 0.6) is 0 Å². The minimum atomic E-state index is 0.655. The Hall–Kier alpha value is -0.0800. The molecule has 0 heterocycles. The van der Waals surface area contributed by atoms with Crippen LogP contribution in [0.3, 0.4) is 0 Å². The fourth-order valence-corrected chi connectivity index (χ4v) is 4.13. The summed E-state index contributed by atoms with van der Waals surface area (Å²) in [5.74, 6) is 0.765. The summed E-state index contributed by atoms with van der Waals surface area (Å²) in [5.41, 5.74) is 5.59. The Labute approximate surface area is 178 Å². The van der Waals surface area contributed by atoms with Gasteiger partial charge in [0.15, 0.2) is 0 Å². The van der Waals surface area contributed by atoms with E-state index in [-0.39, 0.29) is 0 Å². The Morgan fingerprint density at radius 3 is 1.25 bits per heavy atom. The van der Waals surface area contributed by atoms with Crippen molar-refractivity contribution >= 4 is 0 Å². The first kappa shape index (κ1) is 27.9. The predicted octanol–water partition coefficient (Wildman–Crippen LogP) is 8.42. The van der Waals surface area contributed by atoms with Crippen LogP contribution in [0.4, 0.5) is 0 Å². The quantitative estimate of drug-likeness (QED) is 0.166.